The summed E-state index contributed by atoms with van der Waals surface area (Å²) in [6.07, 6.45) is 2.59. The zero-order chi connectivity index (χ0) is 16.8. The van der Waals surface area contributed by atoms with Gasteiger partial charge < -0.3 is 18.8 Å². The number of carbonyl (C=O) groups is 1. The summed E-state index contributed by atoms with van der Waals surface area (Å²) < 4.78 is 16.4. The smallest absolute Gasteiger partial charge is 0.260 e. The topological polar surface area (TPSA) is 51.9 Å². The third-order valence-electron chi connectivity index (χ3n) is 3.97. The highest BCUT2D eigenvalue weighted by atomic mass is 32.2. The van der Waals surface area contributed by atoms with Crippen molar-refractivity contribution < 1.29 is 18.7 Å². The molecule has 0 saturated carbocycles. The second-order valence-corrected chi connectivity index (χ2v) is 6.79. The highest BCUT2D eigenvalue weighted by molar-refractivity contribution is 7.99. The van der Waals surface area contributed by atoms with E-state index in [-0.39, 0.29) is 12.5 Å². The summed E-state index contributed by atoms with van der Waals surface area (Å²) in [7, 11) is 1.59. The van der Waals surface area contributed by atoms with Crippen LogP contribution >= 0.6 is 11.8 Å². The maximum atomic E-state index is 12.4. The van der Waals surface area contributed by atoms with Gasteiger partial charge in [0.25, 0.3) is 5.91 Å². The molecule has 1 aliphatic rings. The molecule has 0 N–H and O–H groups in total. The van der Waals surface area contributed by atoms with E-state index in [0.717, 1.165) is 24.5 Å². The van der Waals surface area contributed by atoms with Crippen molar-refractivity contribution in [3.8, 4) is 11.5 Å². The van der Waals surface area contributed by atoms with Crippen molar-refractivity contribution >= 4 is 17.7 Å². The molecule has 0 bridgehead atoms. The van der Waals surface area contributed by atoms with Crippen LogP contribution in [0.4, 0.5) is 0 Å². The van der Waals surface area contributed by atoms with Crippen molar-refractivity contribution in [3.05, 3.63) is 48.4 Å². The Kier molecular flexibility index (Phi) is 5.69. The lowest BCUT2D eigenvalue weighted by atomic mass is 10.2. The van der Waals surface area contributed by atoms with Crippen LogP contribution in [-0.4, -0.2) is 43.4 Å². The predicted octanol–water partition coefficient (Wildman–Crippen LogP) is 3.37. The van der Waals surface area contributed by atoms with Gasteiger partial charge in [-0.25, -0.2) is 0 Å². The number of furan rings is 1. The van der Waals surface area contributed by atoms with Crippen molar-refractivity contribution in [1.29, 1.82) is 0 Å². The van der Waals surface area contributed by atoms with Crippen LogP contribution in [0.2, 0.25) is 0 Å². The van der Waals surface area contributed by atoms with Crippen molar-refractivity contribution in [2.45, 2.75) is 11.7 Å². The largest absolute Gasteiger partial charge is 0.493 e. The zero-order valence-electron chi connectivity index (χ0n) is 13.6. The van der Waals surface area contributed by atoms with Gasteiger partial charge >= 0.3 is 0 Å². The molecule has 5 nitrogen and oxygen atoms in total. The first kappa shape index (κ1) is 16.8. The number of hydrogen-bond donors (Lipinski definition) is 0. The van der Waals surface area contributed by atoms with Gasteiger partial charge in [0.1, 0.15) is 5.76 Å². The first-order valence-electron chi connectivity index (χ1n) is 7.96. The Labute approximate surface area is 145 Å². The van der Waals surface area contributed by atoms with Crippen molar-refractivity contribution in [1.82, 2.24) is 4.90 Å². The summed E-state index contributed by atoms with van der Waals surface area (Å²) in [5.74, 6) is 3.10. The van der Waals surface area contributed by atoms with Crippen LogP contribution in [0.3, 0.4) is 0 Å². The van der Waals surface area contributed by atoms with Crippen LogP contribution in [0.5, 0.6) is 11.5 Å². The summed E-state index contributed by atoms with van der Waals surface area (Å²) in [6, 6.07) is 11.3. The normalized spacial score (nSPS) is 18.0. The number of para-hydroxylation sites is 2. The number of thioether (sulfide) groups is 1. The van der Waals surface area contributed by atoms with E-state index in [1.165, 1.54) is 0 Å². The Hall–Kier alpha value is -2.08. The number of nitrogens with zero attached hydrogens (tertiary/aromatic N) is 1. The Bertz CT molecular complexity index is 659. The van der Waals surface area contributed by atoms with Crippen molar-refractivity contribution in [2.24, 2.45) is 0 Å². The SMILES string of the molecule is COc1ccccc1OCC(=O)N1CCSC(c2ccco2)CC1. The van der Waals surface area contributed by atoms with E-state index in [1.807, 2.05) is 47.0 Å². The van der Waals surface area contributed by atoms with E-state index in [4.69, 9.17) is 13.9 Å². The van der Waals surface area contributed by atoms with Crippen molar-refractivity contribution in [3.63, 3.8) is 0 Å². The monoisotopic (exact) mass is 347 g/mol. The molecule has 1 aromatic carbocycles. The summed E-state index contributed by atoms with van der Waals surface area (Å²) >= 11 is 1.84. The van der Waals surface area contributed by atoms with Gasteiger partial charge in [-0.2, -0.15) is 0 Å². The minimum atomic E-state index is 0.00148. The van der Waals surface area contributed by atoms with Crippen LogP contribution in [0.1, 0.15) is 17.4 Å². The van der Waals surface area contributed by atoms with Crippen LogP contribution in [0.25, 0.3) is 0 Å². The van der Waals surface area contributed by atoms with E-state index in [9.17, 15) is 4.79 Å². The van der Waals surface area contributed by atoms with Crippen LogP contribution in [0.15, 0.2) is 47.1 Å². The van der Waals surface area contributed by atoms with Crippen molar-refractivity contribution in [2.75, 3.05) is 32.6 Å². The van der Waals surface area contributed by atoms with Crippen LogP contribution in [0, 0.1) is 0 Å². The molecule has 1 unspecified atom stereocenters. The minimum absolute atomic E-state index is 0.00148. The Morgan fingerprint density at radius 2 is 2.08 bits per heavy atom. The molecule has 1 saturated heterocycles. The molecular formula is C18H21NO4S. The average molecular weight is 347 g/mol. The second kappa shape index (κ2) is 8.15. The Morgan fingerprint density at radius 1 is 1.25 bits per heavy atom. The summed E-state index contributed by atoms with van der Waals surface area (Å²) in [4.78, 5) is 14.3. The molecule has 3 rings (SSSR count). The van der Waals surface area contributed by atoms with Crippen LogP contribution < -0.4 is 9.47 Å². The van der Waals surface area contributed by atoms with E-state index >= 15 is 0 Å². The number of hydrogen-bond acceptors (Lipinski definition) is 5. The molecule has 2 aromatic rings. The molecule has 1 fully saturated rings. The first-order chi connectivity index (χ1) is 11.8. The van der Waals surface area contributed by atoms with E-state index in [1.54, 1.807) is 19.4 Å². The Morgan fingerprint density at radius 3 is 2.83 bits per heavy atom. The molecular weight excluding hydrogens is 326 g/mol. The lowest BCUT2D eigenvalue weighted by molar-refractivity contribution is -0.133. The summed E-state index contributed by atoms with van der Waals surface area (Å²) in [5, 5.41) is 0.313. The summed E-state index contributed by atoms with van der Waals surface area (Å²) in [5.41, 5.74) is 0. The molecule has 1 amide bonds. The van der Waals surface area contributed by atoms with Gasteiger partial charge in [-0.3, -0.25) is 4.79 Å². The highest BCUT2D eigenvalue weighted by Gasteiger charge is 2.23. The van der Waals surface area contributed by atoms with E-state index in [2.05, 4.69) is 0 Å². The van der Waals surface area contributed by atoms with Gasteiger partial charge in [0.15, 0.2) is 18.1 Å². The van der Waals surface area contributed by atoms with Gasteiger partial charge in [0, 0.05) is 18.8 Å². The Balaban J connectivity index is 1.54. The standard InChI is InChI=1S/C18H21NO4S/c1-21-14-5-2-3-6-15(14)23-13-18(20)19-9-8-17(24-12-10-19)16-7-4-11-22-16/h2-7,11,17H,8-10,12-13H2,1H3. The van der Waals surface area contributed by atoms with Crippen LogP contribution in [-0.2, 0) is 4.79 Å². The molecule has 128 valence electrons. The fourth-order valence-electron chi connectivity index (χ4n) is 2.69. The third kappa shape index (κ3) is 4.06. The zero-order valence-corrected chi connectivity index (χ0v) is 14.5. The van der Waals surface area contributed by atoms with E-state index < -0.39 is 0 Å². The number of amides is 1. The fourth-order valence-corrected chi connectivity index (χ4v) is 3.87. The van der Waals surface area contributed by atoms with Gasteiger partial charge in [-0.1, -0.05) is 12.1 Å². The molecule has 0 aliphatic carbocycles. The number of benzene rings is 1. The third-order valence-corrected chi connectivity index (χ3v) is 5.26. The predicted molar refractivity (Wildman–Crippen MR) is 93.6 cm³/mol. The number of ether oxygens (including phenoxy) is 2. The number of carbonyl (C=O) groups excluding carboxylic acids is 1. The molecule has 1 aliphatic heterocycles. The lowest BCUT2D eigenvalue weighted by Crippen LogP contribution is -2.36. The fraction of sp³-hybridized carbons (Fsp3) is 0.389. The molecule has 1 aromatic heterocycles. The van der Waals surface area contributed by atoms with Gasteiger partial charge in [0.05, 0.1) is 18.6 Å². The van der Waals surface area contributed by atoms with Gasteiger partial charge in [-0.15, -0.1) is 11.8 Å². The minimum Gasteiger partial charge on any atom is -0.493 e. The number of methoxy groups -OCH3 is 1. The number of rotatable bonds is 5. The maximum Gasteiger partial charge on any atom is 0.260 e. The quantitative estimate of drug-likeness (QED) is 0.830. The second-order valence-electron chi connectivity index (χ2n) is 5.48. The molecule has 0 spiro atoms. The molecule has 6 heteroatoms. The highest BCUT2D eigenvalue weighted by Crippen LogP contribution is 2.34. The summed E-state index contributed by atoms with van der Waals surface area (Å²) in [6.45, 7) is 1.47. The maximum absolute atomic E-state index is 12.4. The van der Waals surface area contributed by atoms with E-state index in [0.29, 0.717) is 23.3 Å². The first-order valence-corrected chi connectivity index (χ1v) is 9.01. The molecule has 1 atom stereocenters. The van der Waals surface area contributed by atoms with Gasteiger partial charge in [-0.05, 0) is 30.7 Å². The lowest BCUT2D eigenvalue weighted by Gasteiger charge is -2.20. The molecule has 24 heavy (non-hydrogen) atoms. The molecule has 0 radical (unpaired) electrons. The van der Waals surface area contributed by atoms with Gasteiger partial charge in [0.2, 0.25) is 0 Å². The molecule has 2 heterocycles. The average Bonchev–Trinajstić information content (AvgIpc) is 3.04.